The maximum absolute atomic E-state index is 13.3. The van der Waals surface area contributed by atoms with Crippen LogP contribution in [0.5, 0.6) is 11.5 Å². The monoisotopic (exact) mass is 481 g/mol. The molecule has 5 rings (SSSR count). The lowest BCUT2D eigenvalue weighted by molar-refractivity contribution is 0.395. The molecule has 0 atom stereocenters. The topological polar surface area (TPSA) is 108 Å². The summed E-state index contributed by atoms with van der Waals surface area (Å²) in [6, 6.07) is 13.8. The summed E-state index contributed by atoms with van der Waals surface area (Å²) in [7, 11) is -0.783. The second-order valence-electron chi connectivity index (χ2n) is 7.27. The zero-order valence-corrected chi connectivity index (χ0v) is 19.6. The highest BCUT2D eigenvalue weighted by Crippen LogP contribution is 2.34. The predicted molar refractivity (Wildman–Crippen MR) is 126 cm³/mol. The molecule has 0 fully saturated rings. The molecule has 0 aliphatic heterocycles. The number of anilines is 2. The van der Waals surface area contributed by atoms with E-state index in [-0.39, 0.29) is 15.6 Å². The van der Waals surface area contributed by atoms with Gasteiger partial charge in [0.15, 0.2) is 11.5 Å². The van der Waals surface area contributed by atoms with Gasteiger partial charge in [-0.15, -0.1) is 16.4 Å². The third kappa shape index (κ3) is 3.64. The second kappa shape index (κ2) is 8.01. The molecule has 9 nitrogen and oxygen atoms in total. The highest BCUT2D eigenvalue weighted by Gasteiger charge is 2.27. The fourth-order valence-electron chi connectivity index (χ4n) is 3.43. The molecule has 0 saturated heterocycles. The van der Waals surface area contributed by atoms with Gasteiger partial charge in [0.05, 0.1) is 29.3 Å². The summed E-state index contributed by atoms with van der Waals surface area (Å²) in [5, 5.41) is 13.0. The average molecular weight is 482 g/mol. The van der Waals surface area contributed by atoms with Crippen molar-refractivity contribution in [3.8, 4) is 11.5 Å². The molecule has 1 N–H and O–H groups in total. The van der Waals surface area contributed by atoms with Crippen LogP contribution in [0, 0.1) is 6.92 Å². The van der Waals surface area contributed by atoms with Crippen molar-refractivity contribution in [2.45, 2.75) is 16.8 Å². The maximum atomic E-state index is 13.3. The Labute approximate surface area is 193 Å². The van der Waals surface area contributed by atoms with Gasteiger partial charge in [0.25, 0.3) is 0 Å². The Morgan fingerprint density at radius 2 is 1.70 bits per heavy atom. The van der Waals surface area contributed by atoms with Gasteiger partial charge in [-0.25, -0.2) is 13.4 Å². The van der Waals surface area contributed by atoms with E-state index in [2.05, 4.69) is 20.6 Å². The van der Waals surface area contributed by atoms with Crippen molar-refractivity contribution in [1.29, 1.82) is 0 Å². The van der Waals surface area contributed by atoms with Gasteiger partial charge in [0, 0.05) is 23.9 Å². The molecule has 0 saturated carbocycles. The number of ether oxygens (including phenoxy) is 2. The van der Waals surface area contributed by atoms with Crippen LogP contribution in [0.25, 0.3) is 15.9 Å². The fraction of sp³-hybridized carbons (Fsp3) is 0.136. The molecule has 0 amide bonds. The molecular formula is C22H19N5O4S2. The number of sulfone groups is 1. The number of hydrogen-bond acceptors (Lipinski definition) is 9. The Morgan fingerprint density at radius 3 is 2.36 bits per heavy atom. The van der Waals surface area contributed by atoms with Gasteiger partial charge in [-0.1, -0.05) is 22.9 Å². The van der Waals surface area contributed by atoms with Crippen LogP contribution in [-0.2, 0) is 9.84 Å². The van der Waals surface area contributed by atoms with Gasteiger partial charge in [-0.3, -0.25) is 0 Å². The van der Waals surface area contributed by atoms with Gasteiger partial charge in [0.2, 0.25) is 14.9 Å². The maximum Gasteiger partial charge on any atom is 0.229 e. The van der Waals surface area contributed by atoms with Gasteiger partial charge in [0.1, 0.15) is 11.5 Å². The Hall–Kier alpha value is -3.70. The molecule has 0 radical (unpaired) electrons. The van der Waals surface area contributed by atoms with E-state index >= 15 is 0 Å². The Kier molecular flexibility index (Phi) is 5.14. The molecule has 0 aliphatic carbocycles. The minimum absolute atomic E-state index is 0.134. The molecule has 0 spiro atoms. The minimum atomic E-state index is -3.92. The third-order valence-electron chi connectivity index (χ3n) is 5.12. The van der Waals surface area contributed by atoms with E-state index in [1.165, 1.54) is 15.9 Å². The van der Waals surface area contributed by atoms with Crippen LogP contribution in [-0.4, -0.2) is 42.4 Å². The molecule has 5 aromatic rings. The molecule has 3 aromatic heterocycles. The number of thiophene rings is 1. The number of nitrogens with zero attached hydrogens (tertiary/aromatic N) is 4. The normalized spacial score (nSPS) is 11.7. The molecule has 3 heterocycles. The van der Waals surface area contributed by atoms with Crippen molar-refractivity contribution in [3.63, 3.8) is 0 Å². The van der Waals surface area contributed by atoms with E-state index in [0.29, 0.717) is 28.5 Å². The fourth-order valence-corrected chi connectivity index (χ4v) is 5.48. The third-order valence-corrected chi connectivity index (χ3v) is 7.70. The number of benzene rings is 2. The summed E-state index contributed by atoms with van der Waals surface area (Å²) in [6.45, 7) is 1.89. The number of hydrogen-bond donors (Lipinski definition) is 1. The van der Waals surface area contributed by atoms with E-state index in [4.69, 9.17) is 9.47 Å². The van der Waals surface area contributed by atoms with Crippen LogP contribution in [0.1, 0.15) is 5.56 Å². The summed E-state index contributed by atoms with van der Waals surface area (Å²) >= 11 is 1.46. The largest absolute Gasteiger partial charge is 0.497 e. The van der Waals surface area contributed by atoms with Crippen molar-refractivity contribution in [2.24, 2.45) is 0 Å². The van der Waals surface area contributed by atoms with Gasteiger partial charge in [-0.2, -0.15) is 4.52 Å². The first kappa shape index (κ1) is 21.2. The Balaban J connectivity index is 1.68. The molecule has 2 aromatic carbocycles. The highest BCUT2D eigenvalue weighted by atomic mass is 32.2. The van der Waals surface area contributed by atoms with Crippen LogP contribution in [0.3, 0.4) is 0 Å². The molecule has 33 heavy (non-hydrogen) atoms. The smallest absolute Gasteiger partial charge is 0.229 e. The van der Waals surface area contributed by atoms with E-state index < -0.39 is 9.84 Å². The van der Waals surface area contributed by atoms with Crippen LogP contribution < -0.4 is 14.8 Å². The van der Waals surface area contributed by atoms with Crippen molar-refractivity contribution in [1.82, 2.24) is 19.8 Å². The molecular weight excluding hydrogens is 462 g/mol. The zero-order chi connectivity index (χ0) is 23.2. The van der Waals surface area contributed by atoms with Gasteiger partial charge >= 0.3 is 0 Å². The van der Waals surface area contributed by atoms with Crippen molar-refractivity contribution in [3.05, 3.63) is 59.5 Å². The quantitative estimate of drug-likeness (QED) is 0.384. The molecule has 0 bridgehead atoms. The first-order chi connectivity index (χ1) is 15.9. The van der Waals surface area contributed by atoms with Crippen molar-refractivity contribution in [2.75, 3.05) is 19.5 Å². The molecule has 0 aliphatic rings. The molecule has 168 valence electrons. The average Bonchev–Trinajstić information content (AvgIpc) is 3.46. The number of methoxy groups -OCH3 is 2. The van der Waals surface area contributed by atoms with Gasteiger partial charge < -0.3 is 14.8 Å². The number of rotatable bonds is 6. The van der Waals surface area contributed by atoms with E-state index in [1.807, 2.05) is 18.4 Å². The van der Waals surface area contributed by atoms with E-state index in [9.17, 15) is 8.42 Å². The standard InChI is InChI=1S/C22H19N5O4S2/c1-13-4-6-17(7-5-13)33(28,29)22-21-24-20(19-18(8-9-32-19)27(21)26-25-22)23-14-10-15(30-2)12-16(11-14)31-3/h4-12H,1-3H3,(H,23,24). The minimum Gasteiger partial charge on any atom is -0.497 e. The van der Waals surface area contributed by atoms with E-state index in [1.54, 1.807) is 56.7 Å². The van der Waals surface area contributed by atoms with Crippen LogP contribution >= 0.6 is 11.3 Å². The first-order valence-electron chi connectivity index (χ1n) is 9.85. The number of fused-ring (bicyclic) bond motifs is 3. The Morgan fingerprint density at radius 1 is 1.00 bits per heavy atom. The summed E-state index contributed by atoms with van der Waals surface area (Å²) < 4.78 is 39.6. The van der Waals surface area contributed by atoms with Crippen molar-refractivity contribution >= 4 is 48.5 Å². The second-order valence-corrected chi connectivity index (χ2v) is 10.0. The summed E-state index contributed by atoms with van der Waals surface area (Å²) in [4.78, 5) is 4.76. The summed E-state index contributed by atoms with van der Waals surface area (Å²) in [6.07, 6.45) is 0. The van der Waals surface area contributed by atoms with Crippen LogP contribution in [0.2, 0.25) is 0 Å². The van der Waals surface area contributed by atoms with Crippen LogP contribution in [0.15, 0.2) is 63.8 Å². The van der Waals surface area contributed by atoms with Crippen LogP contribution in [0.4, 0.5) is 11.5 Å². The SMILES string of the molecule is COc1cc(Nc2nc3c(S(=O)(=O)c4ccc(C)cc4)nnn3c3ccsc23)cc(OC)c1. The lowest BCUT2D eigenvalue weighted by atomic mass is 10.2. The molecule has 0 unspecified atom stereocenters. The van der Waals surface area contributed by atoms with E-state index in [0.717, 1.165) is 10.3 Å². The Bertz CT molecular complexity index is 1570. The van der Waals surface area contributed by atoms with Gasteiger partial charge in [-0.05, 0) is 30.5 Å². The number of nitrogens with one attached hydrogen (secondary N) is 1. The highest BCUT2D eigenvalue weighted by molar-refractivity contribution is 7.91. The number of aryl methyl sites for hydroxylation is 1. The summed E-state index contributed by atoms with van der Waals surface area (Å²) in [5.41, 5.74) is 2.47. The zero-order valence-electron chi connectivity index (χ0n) is 17.9. The number of aromatic nitrogens is 4. The first-order valence-corrected chi connectivity index (χ1v) is 12.2. The van der Waals surface area contributed by atoms with Crippen molar-refractivity contribution < 1.29 is 17.9 Å². The predicted octanol–water partition coefficient (Wildman–Crippen LogP) is 4.24. The lowest BCUT2D eigenvalue weighted by Crippen LogP contribution is -2.05. The molecule has 11 heteroatoms. The lowest BCUT2D eigenvalue weighted by Gasteiger charge is -2.11. The summed E-state index contributed by atoms with van der Waals surface area (Å²) in [5.74, 6) is 1.69.